The summed E-state index contributed by atoms with van der Waals surface area (Å²) < 4.78 is 0. The van der Waals surface area contributed by atoms with Gasteiger partial charge in [0, 0.05) is 0 Å². The van der Waals surface area contributed by atoms with Crippen molar-refractivity contribution in [1.82, 2.24) is 0 Å². The largest absolute Gasteiger partial charge is 0.392 e. The van der Waals surface area contributed by atoms with Gasteiger partial charge in [0.1, 0.15) is 0 Å². The summed E-state index contributed by atoms with van der Waals surface area (Å²) in [5.74, 6) is 0.250. The van der Waals surface area contributed by atoms with Gasteiger partial charge >= 0.3 is 0 Å². The van der Waals surface area contributed by atoms with Crippen molar-refractivity contribution in [2.45, 2.75) is 46.6 Å². The molecule has 3 N–H and O–H groups in total. The van der Waals surface area contributed by atoms with Crippen LogP contribution in [0.3, 0.4) is 0 Å². The van der Waals surface area contributed by atoms with Crippen molar-refractivity contribution in [3.05, 3.63) is 0 Å². The fourth-order valence-electron chi connectivity index (χ4n) is 1.37. The van der Waals surface area contributed by atoms with E-state index < -0.39 is 0 Å². The van der Waals surface area contributed by atoms with Crippen LogP contribution in [-0.2, 0) is 0 Å². The number of rotatable bonds is 5. The lowest BCUT2D eigenvalue weighted by Gasteiger charge is -2.34. The van der Waals surface area contributed by atoms with Gasteiger partial charge in [0.2, 0.25) is 0 Å². The van der Waals surface area contributed by atoms with Crippen LogP contribution in [0.4, 0.5) is 0 Å². The number of nitrogens with two attached hydrogens (primary N) is 1. The first-order chi connectivity index (χ1) is 5.49. The maximum atomic E-state index is 9.96. The monoisotopic (exact) mass is 173 g/mol. The average Bonchev–Trinajstić information content (AvgIpc) is 2.06. The summed E-state index contributed by atoms with van der Waals surface area (Å²) in [6, 6.07) is 0. The zero-order valence-electron chi connectivity index (χ0n) is 8.80. The molecule has 2 nitrogen and oxygen atoms in total. The molecule has 2 heteroatoms. The van der Waals surface area contributed by atoms with Gasteiger partial charge in [-0.2, -0.15) is 0 Å². The lowest BCUT2D eigenvalue weighted by Crippen LogP contribution is -2.38. The average molecular weight is 173 g/mol. The van der Waals surface area contributed by atoms with Crippen molar-refractivity contribution in [3.63, 3.8) is 0 Å². The van der Waals surface area contributed by atoms with Crippen molar-refractivity contribution in [3.8, 4) is 0 Å². The molecule has 0 saturated carbocycles. The Morgan fingerprint density at radius 3 is 2.08 bits per heavy atom. The van der Waals surface area contributed by atoms with E-state index in [4.69, 9.17) is 5.73 Å². The summed E-state index contributed by atoms with van der Waals surface area (Å²) in [7, 11) is 0. The Balaban J connectivity index is 4.23. The zero-order valence-corrected chi connectivity index (χ0v) is 8.80. The van der Waals surface area contributed by atoms with Crippen LogP contribution >= 0.6 is 0 Å². The summed E-state index contributed by atoms with van der Waals surface area (Å²) in [5.41, 5.74) is 5.58. The molecule has 0 amide bonds. The molecule has 0 heterocycles. The van der Waals surface area contributed by atoms with Crippen LogP contribution in [0.5, 0.6) is 0 Å². The highest BCUT2D eigenvalue weighted by Gasteiger charge is 2.30. The first-order valence-corrected chi connectivity index (χ1v) is 4.87. The highest BCUT2D eigenvalue weighted by Crippen LogP contribution is 2.30. The molecule has 0 aliphatic heterocycles. The van der Waals surface area contributed by atoms with Crippen LogP contribution in [0.2, 0.25) is 0 Å². The van der Waals surface area contributed by atoms with Crippen LogP contribution in [-0.4, -0.2) is 17.8 Å². The van der Waals surface area contributed by atoms with Gasteiger partial charge in [-0.25, -0.2) is 0 Å². The van der Waals surface area contributed by atoms with E-state index in [1.54, 1.807) is 0 Å². The van der Waals surface area contributed by atoms with Gasteiger partial charge in [-0.15, -0.1) is 0 Å². The number of hydrogen-bond acceptors (Lipinski definition) is 2. The number of aliphatic hydroxyl groups is 1. The predicted octanol–water partition coefficient (Wildman–Crippen LogP) is 1.77. The zero-order chi connectivity index (χ0) is 9.78. The maximum Gasteiger partial charge on any atom is 0.0631 e. The minimum absolute atomic E-state index is 0.0000463. The quantitative estimate of drug-likeness (QED) is 0.665. The highest BCUT2D eigenvalue weighted by molar-refractivity contribution is 4.82. The Kier molecular flexibility index (Phi) is 4.80. The molecule has 0 rings (SSSR count). The summed E-state index contributed by atoms with van der Waals surface area (Å²) in [6.45, 7) is 8.95. The second-order valence-electron chi connectivity index (χ2n) is 4.19. The van der Waals surface area contributed by atoms with Crippen LogP contribution in [0.1, 0.15) is 40.5 Å². The Bertz CT molecular complexity index is 119. The molecule has 0 aliphatic carbocycles. The second-order valence-corrected chi connectivity index (χ2v) is 4.19. The van der Waals surface area contributed by atoms with Gasteiger partial charge in [0.25, 0.3) is 0 Å². The molecule has 74 valence electrons. The standard InChI is InChI=1S/C10H23NO/c1-5-8(7-11)9(12)10(3,4)6-2/h8-9,12H,5-7,11H2,1-4H3. The Hall–Kier alpha value is -0.0800. The third-order valence-electron chi connectivity index (χ3n) is 2.99. The SMILES string of the molecule is CCC(CN)C(O)C(C)(C)CC. The van der Waals surface area contributed by atoms with E-state index in [-0.39, 0.29) is 17.4 Å². The fraction of sp³-hybridized carbons (Fsp3) is 1.00. The van der Waals surface area contributed by atoms with Crippen molar-refractivity contribution in [1.29, 1.82) is 0 Å². The van der Waals surface area contributed by atoms with E-state index in [0.29, 0.717) is 6.54 Å². The van der Waals surface area contributed by atoms with Gasteiger partial charge < -0.3 is 10.8 Å². The molecule has 0 aliphatic rings. The van der Waals surface area contributed by atoms with E-state index in [9.17, 15) is 5.11 Å². The van der Waals surface area contributed by atoms with Gasteiger partial charge in [0.05, 0.1) is 6.10 Å². The molecule has 0 radical (unpaired) electrons. The molecule has 0 saturated heterocycles. The van der Waals surface area contributed by atoms with Crippen LogP contribution in [0, 0.1) is 11.3 Å². The molecule has 0 aromatic rings. The molecule has 2 atom stereocenters. The molecule has 0 aromatic heterocycles. The topological polar surface area (TPSA) is 46.2 Å². The van der Waals surface area contributed by atoms with Gasteiger partial charge in [-0.1, -0.05) is 27.7 Å². The Labute approximate surface area is 76.2 Å². The summed E-state index contributed by atoms with van der Waals surface area (Å²) >= 11 is 0. The lowest BCUT2D eigenvalue weighted by molar-refractivity contribution is 0.000586. The van der Waals surface area contributed by atoms with E-state index in [2.05, 4.69) is 27.7 Å². The third kappa shape index (κ3) is 2.76. The van der Waals surface area contributed by atoms with Crippen LogP contribution in [0.25, 0.3) is 0 Å². The van der Waals surface area contributed by atoms with Crippen molar-refractivity contribution in [2.75, 3.05) is 6.54 Å². The summed E-state index contributed by atoms with van der Waals surface area (Å²) in [5, 5.41) is 9.96. The maximum absolute atomic E-state index is 9.96. The molecule has 0 fully saturated rings. The molecular formula is C10H23NO. The van der Waals surface area contributed by atoms with Crippen molar-refractivity contribution >= 4 is 0 Å². The van der Waals surface area contributed by atoms with E-state index in [1.165, 1.54) is 0 Å². The first-order valence-electron chi connectivity index (χ1n) is 4.87. The minimum atomic E-state index is -0.266. The number of hydrogen-bond donors (Lipinski definition) is 2. The molecule has 12 heavy (non-hydrogen) atoms. The van der Waals surface area contributed by atoms with Gasteiger partial charge in [-0.3, -0.25) is 0 Å². The smallest absolute Gasteiger partial charge is 0.0631 e. The van der Waals surface area contributed by atoms with Gasteiger partial charge in [0.15, 0.2) is 0 Å². The fourth-order valence-corrected chi connectivity index (χ4v) is 1.37. The van der Waals surface area contributed by atoms with E-state index in [1.807, 2.05) is 0 Å². The normalized spacial score (nSPS) is 17.5. The molecular weight excluding hydrogens is 150 g/mol. The third-order valence-corrected chi connectivity index (χ3v) is 2.99. The van der Waals surface area contributed by atoms with Crippen LogP contribution in [0.15, 0.2) is 0 Å². The summed E-state index contributed by atoms with van der Waals surface area (Å²) in [4.78, 5) is 0. The molecule has 0 bridgehead atoms. The molecule has 0 spiro atoms. The minimum Gasteiger partial charge on any atom is -0.392 e. The first kappa shape index (κ1) is 11.9. The van der Waals surface area contributed by atoms with Gasteiger partial charge in [-0.05, 0) is 30.7 Å². The predicted molar refractivity (Wildman–Crippen MR) is 52.9 cm³/mol. The Morgan fingerprint density at radius 1 is 1.33 bits per heavy atom. The van der Waals surface area contributed by atoms with Crippen molar-refractivity contribution in [2.24, 2.45) is 17.1 Å². The van der Waals surface area contributed by atoms with Crippen molar-refractivity contribution < 1.29 is 5.11 Å². The second kappa shape index (κ2) is 4.83. The van der Waals surface area contributed by atoms with Crippen LogP contribution < -0.4 is 5.73 Å². The Morgan fingerprint density at radius 2 is 1.83 bits per heavy atom. The lowest BCUT2D eigenvalue weighted by atomic mass is 9.77. The molecule has 2 unspecified atom stereocenters. The highest BCUT2D eigenvalue weighted by atomic mass is 16.3. The summed E-state index contributed by atoms with van der Waals surface area (Å²) in [6.07, 6.45) is 1.68. The van der Waals surface area contributed by atoms with E-state index >= 15 is 0 Å². The molecule has 0 aromatic carbocycles. The number of aliphatic hydroxyl groups excluding tert-OH is 1. The van der Waals surface area contributed by atoms with E-state index in [0.717, 1.165) is 12.8 Å².